The van der Waals surface area contributed by atoms with Gasteiger partial charge in [-0.1, -0.05) is 22.9 Å². The van der Waals surface area contributed by atoms with E-state index in [1.807, 2.05) is 0 Å². The van der Waals surface area contributed by atoms with Gasteiger partial charge in [0.2, 0.25) is 5.91 Å². The van der Waals surface area contributed by atoms with Crippen molar-refractivity contribution in [3.05, 3.63) is 28.2 Å². The monoisotopic (exact) mass is 318 g/mol. The summed E-state index contributed by atoms with van der Waals surface area (Å²) in [4.78, 5) is 11.9. The van der Waals surface area contributed by atoms with Gasteiger partial charge >= 0.3 is 0 Å². The first kappa shape index (κ1) is 13.4. The highest BCUT2D eigenvalue weighted by atomic mass is 79.9. The Balaban J connectivity index is 2.11. The Bertz CT molecular complexity index is 454. The summed E-state index contributed by atoms with van der Waals surface area (Å²) in [5.41, 5.74) is -0.387. The van der Waals surface area contributed by atoms with Gasteiger partial charge in [-0.3, -0.25) is 4.79 Å². The zero-order valence-electron chi connectivity index (χ0n) is 9.77. The van der Waals surface area contributed by atoms with Crippen molar-refractivity contribution in [2.45, 2.75) is 6.92 Å². The van der Waals surface area contributed by atoms with Gasteiger partial charge in [-0.25, -0.2) is 8.78 Å². The summed E-state index contributed by atoms with van der Waals surface area (Å²) in [6.45, 7) is 3.29. The molecule has 0 aliphatic carbocycles. The second-order valence-electron chi connectivity index (χ2n) is 4.44. The number of nitrogens with one attached hydrogen (secondary N) is 2. The average Bonchev–Trinajstić information content (AvgIpc) is 2.20. The molecule has 98 valence electrons. The van der Waals surface area contributed by atoms with Crippen molar-refractivity contribution in [1.29, 1.82) is 0 Å². The lowest BCUT2D eigenvalue weighted by Gasteiger charge is -2.31. The first-order chi connectivity index (χ1) is 8.49. The van der Waals surface area contributed by atoms with Gasteiger partial charge in [-0.2, -0.15) is 0 Å². The Morgan fingerprint density at radius 2 is 2.00 bits per heavy atom. The first-order valence-corrected chi connectivity index (χ1v) is 6.44. The van der Waals surface area contributed by atoms with E-state index in [0.717, 1.165) is 25.2 Å². The van der Waals surface area contributed by atoms with Crippen LogP contribution in [-0.2, 0) is 4.79 Å². The minimum absolute atomic E-state index is 0.228. The number of carbonyl (C=O) groups is 1. The molecule has 1 fully saturated rings. The van der Waals surface area contributed by atoms with Gasteiger partial charge in [0, 0.05) is 10.4 Å². The van der Waals surface area contributed by atoms with E-state index in [0.29, 0.717) is 4.47 Å². The number of rotatable bonds is 3. The lowest BCUT2D eigenvalue weighted by Crippen LogP contribution is -2.48. The second-order valence-corrected chi connectivity index (χ2v) is 5.36. The van der Waals surface area contributed by atoms with E-state index < -0.39 is 11.6 Å². The van der Waals surface area contributed by atoms with Gasteiger partial charge in [-0.05, 0) is 31.1 Å². The molecular formula is C12H13BrF2N2O. The molecule has 1 amide bonds. The largest absolute Gasteiger partial charge is 0.321 e. The molecule has 1 aromatic rings. The Morgan fingerprint density at radius 1 is 1.44 bits per heavy atom. The third-order valence-corrected chi connectivity index (χ3v) is 3.65. The number of benzene rings is 1. The van der Waals surface area contributed by atoms with Crippen LogP contribution in [0.15, 0.2) is 16.6 Å². The van der Waals surface area contributed by atoms with E-state index in [-0.39, 0.29) is 23.4 Å². The van der Waals surface area contributed by atoms with Crippen LogP contribution in [0.4, 0.5) is 14.5 Å². The summed E-state index contributed by atoms with van der Waals surface area (Å²) in [5.74, 6) is -1.97. The number of amides is 1. The van der Waals surface area contributed by atoms with Gasteiger partial charge in [0.15, 0.2) is 11.6 Å². The van der Waals surface area contributed by atoms with E-state index in [1.54, 1.807) is 6.92 Å². The van der Waals surface area contributed by atoms with Gasteiger partial charge in [0.1, 0.15) is 5.69 Å². The van der Waals surface area contributed by atoms with Crippen molar-refractivity contribution in [3.63, 3.8) is 0 Å². The zero-order chi connectivity index (χ0) is 13.3. The number of hydrogen-bond acceptors (Lipinski definition) is 2. The molecule has 1 atom stereocenters. The van der Waals surface area contributed by atoms with Crippen LogP contribution in [0.1, 0.15) is 6.92 Å². The summed E-state index contributed by atoms with van der Waals surface area (Å²) in [6.07, 6.45) is 0. The summed E-state index contributed by atoms with van der Waals surface area (Å²) in [7, 11) is 0. The normalized spacial score (nSPS) is 17.1. The molecule has 1 heterocycles. The van der Waals surface area contributed by atoms with Crippen LogP contribution in [0, 0.1) is 23.5 Å². The summed E-state index contributed by atoms with van der Waals surface area (Å²) < 4.78 is 27.4. The van der Waals surface area contributed by atoms with Crippen LogP contribution in [0.5, 0.6) is 0 Å². The highest BCUT2D eigenvalue weighted by Gasteiger charge is 2.29. The molecule has 6 heteroatoms. The smallest absolute Gasteiger partial charge is 0.227 e. The van der Waals surface area contributed by atoms with Crippen molar-refractivity contribution >= 4 is 27.5 Å². The molecule has 1 aromatic carbocycles. The maximum atomic E-state index is 13.5. The maximum Gasteiger partial charge on any atom is 0.227 e. The molecule has 1 unspecified atom stereocenters. The summed E-state index contributed by atoms with van der Waals surface area (Å²) in [6, 6.07) is 2.24. The van der Waals surface area contributed by atoms with E-state index >= 15 is 0 Å². The molecule has 0 saturated carbocycles. The fourth-order valence-electron chi connectivity index (χ4n) is 1.78. The third-order valence-electron chi connectivity index (χ3n) is 3.19. The number of anilines is 1. The standard InChI is InChI=1S/C12H13BrF2N2O/c1-6(7-4-16-5-7)12(18)17-11-9(14)2-8(13)3-10(11)15/h2-3,6-7,16H,4-5H2,1H3,(H,17,18). The SMILES string of the molecule is CC(C(=O)Nc1c(F)cc(Br)cc1F)C1CNC1. The molecule has 0 radical (unpaired) electrons. The van der Waals surface area contributed by atoms with Crippen molar-refractivity contribution < 1.29 is 13.6 Å². The molecule has 3 nitrogen and oxygen atoms in total. The van der Waals surface area contributed by atoms with Crippen LogP contribution in [0.2, 0.25) is 0 Å². The Kier molecular flexibility index (Phi) is 3.97. The molecule has 1 aliphatic rings. The highest BCUT2D eigenvalue weighted by Crippen LogP contribution is 2.25. The molecule has 0 bridgehead atoms. The fraction of sp³-hybridized carbons (Fsp3) is 0.417. The van der Waals surface area contributed by atoms with E-state index in [4.69, 9.17) is 0 Å². The Labute approximate surface area is 112 Å². The van der Waals surface area contributed by atoms with Crippen LogP contribution in [-0.4, -0.2) is 19.0 Å². The molecular weight excluding hydrogens is 306 g/mol. The third kappa shape index (κ3) is 2.70. The Hall–Kier alpha value is -1.01. The van der Waals surface area contributed by atoms with E-state index in [9.17, 15) is 13.6 Å². The molecule has 1 aliphatic heterocycles. The minimum atomic E-state index is -0.783. The second kappa shape index (κ2) is 5.32. The predicted molar refractivity (Wildman–Crippen MR) is 68.2 cm³/mol. The quantitative estimate of drug-likeness (QED) is 0.899. The van der Waals surface area contributed by atoms with Gasteiger partial charge < -0.3 is 10.6 Å². The maximum absolute atomic E-state index is 13.5. The highest BCUT2D eigenvalue weighted by molar-refractivity contribution is 9.10. The van der Waals surface area contributed by atoms with Crippen LogP contribution < -0.4 is 10.6 Å². The van der Waals surface area contributed by atoms with Gasteiger partial charge in [0.25, 0.3) is 0 Å². The van der Waals surface area contributed by atoms with Crippen molar-refractivity contribution in [3.8, 4) is 0 Å². The summed E-state index contributed by atoms with van der Waals surface area (Å²) >= 11 is 2.98. The average molecular weight is 319 g/mol. The lowest BCUT2D eigenvalue weighted by molar-refractivity contribution is -0.121. The lowest BCUT2D eigenvalue weighted by atomic mass is 9.88. The van der Waals surface area contributed by atoms with Gasteiger partial charge in [0.05, 0.1) is 0 Å². The zero-order valence-corrected chi connectivity index (χ0v) is 11.4. The first-order valence-electron chi connectivity index (χ1n) is 5.65. The number of hydrogen-bond donors (Lipinski definition) is 2. The Morgan fingerprint density at radius 3 is 2.44 bits per heavy atom. The molecule has 0 spiro atoms. The topological polar surface area (TPSA) is 41.1 Å². The van der Waals surface area contributed by atoms with Crippen molar-refractivity contribution in [2.24, 2.45) is 11.8 Å². The van der Waals surface area contributed by atoms with E-state index in [1.165, 1.54) is 0 Å². The summed E-state index contributed by atoms with van der Waals surface area (Å²) in [5, 5.41) is 5.37. The number of carbonyl (C=O) groups excluding carboxylic acids is 1. The molecule has 18 heavy (non-hydrogen) atoms. The minimum Gasteiger partial charge on any atom is -0.321 e. The van der Waals surface area contributed by atoms with Crippen LogP contribution in [0.25, 0.3) is 0 Å². The van der Waals surface area contributed by atoms with Crippen LogP contribution in [0.3, 0.4) is 0 Å². The molecule has 2 rings (SSSR count). The van der Waals surface area contributed by atoms with Crippen LogP contribution >= 0.6 is 15.9 Å². The van der Waals surface area contributed by atoms with E-state index in [2.05, 4.69) is 26.6 Å². The molecule has 1 saturated heterocycles. The molecule has 0 aromatic heterocycles. The number of halogens is 3. The van der Waals surface area contributed by atoms with Crippen molar-refractivity contribution in [1.82, 2.24) is 5.32 Å². The fourth-order valence-corrected chi connectivity index (χ4v) is 2.18. The van der Waals surface area contributed by atoms with Gasteiger partial charge in [-0.15, -0.1) is 0 Å². The van der Waals surface area contributed by atoms with Crippen molar-refractivity contribution in [2.75, 3.05) is 18.4 Å². The predicted octanol–water partition coefficient (Wildman–Crippen LogP) is 2.52. The molecule has 2 N–H and O–H groups in total.